The maximum absolute atomic E-state index is 12.1. The minimum absolute atomic E-state index is 1.19. The van der Waals surface area contributed by atoms with E-state index < -0.39 is 24.7 Å². The van der Waals surface area contributed by atoms with Crippen molar-refractivity contribution in [2.24, 2.45) is 5.92 Å². The molecule has 0 heterocycles. The van der Waals surface area contributed by atoms with Crippen molar-refractivity contribution in [3.63, 3.8) is 0 Å². The van der Waals surface area contributed by atoms with Crippen LogP contribution in [0.5, 0.6) is 0 Å². The normalized spacial score (nSPS) is 11.3. The van der Waals surface area contributed by atoms with Gasteiger partial charge >= 0.3 is 12.3 Å². The van der Waals surface area contributed by atoms with Crippen LogP contribution in [0.3, 0.4) is 0 Å². The van der Waals surface area contributed by atoms with Crippen molar-refractivity contribution >= 4 is 0 Å². The fourth-order valence-electron chi connectivity index (χ4n) is 0.481. The lowest BCUT2D eigenvalue weighted by atomic mass is 10.0. The number of halogens is 4. The molecule has 66 valence electrons. The highest BCUT2D eigenvalue weighted by molar-refractivity contribution is 5.01. The summed E-state index contributed by atoms with van der Waals surface area (Å²) in [5, 5.41) is 16.0. The van der Waals surface area contributed by atoms with Gasteiger partial charge < -0.3 is 0 Å². The van der Waals surface area contributed by atoms with Crippen LogP contribution in [-0.4, -0.2) is 12.3 Å². The molecule has 0 fully saturated rings. The number of alkyl halides is 4. The number of nitriles is 2. The topological polar surface area (TPSA) is 47.6 Å². The van der Waals surface area contributed by atoms with Gasteiger partial charge in [0, 0.05) is 6.42 Å². The standard InChI is InChI=1S/C6H4F4N2/c7-5(8)6(9,10)1-4(2-11)3-12/h4-5H,1H2. The molecule has 0 saturated carbocycles. The quantitative estimate of drug-likeness (QED) is 0.623. The number of nitrogens with zero attached hydrogens (tertiary/aromatic N) is 2. The van der Waals surface area contributed by atoms with Gasteiger partial charge in [-0.2, -0.15) is 10.5 Å². The lowest BCUT2D eigenvalue weighted by molar-refractivity contribution is -0.135. The zero-order chi connectivity index (χ0) is 9.78. The number of hydrogen-bond acceptors (Lipinski definition) is 2. The highest BCUT2D eigenvalue weighted by atomic mass is 19.3. The van der Waals surface area contributed by atoms with Gasteiger partial charge in [0.25, 0.3) is 0 Å². The molecule has 0 N–H and O–H groups in total. The molecule has 0 aliphatic rings. The molecule has 0 rings (SSSR count). The zero-order valence-electron chi connectivity index (χ0n) is 5.77. The Hall–Kier alpha value is -1.30. The SMILES string of the molecule is N#CC(C#N)CC(F)(F)C(F)F. The van der Waals surface area contributed by atoms with Crippen LogP contribution in [0.1, 0.15) is 6.42 Å². The molecular formula is C6H4F4N2. The molecular weight excluding hydrogens is 176 g/mol. The summed E-state index contributed by atoms with van der Waals surface area (Å²) < 4.78 is 47.2. The summed E-state index contributed by atoms with van der Waals surface area (Å²) in [4.78, 5) is 0. The van der Waals surface area contributed by atoms with Crippen LogP contribution < -0.4 is 0 Å². The second-order valence-corrected chi connectivity index (χ2v) is 2.08. The summed E-state index contributed by atoms with van der Waals surface area (Å²) in [5.74, 6) is -5.94. The zero-order valence-corrected chi connectivity index (χ0v) is 5.77. The first-order valence-corrected chi connectivity index (χ1v) is 2.89. The van der Waals surface area contributed by atoms with Gasteiger partial charge in [-0.1, -0.05) is 0 Å². The van der Waals surface area contributed by atoms with E-state index in [9.17, 15) is 17.6 Å². The highest BCUT2D eigenvalue weighted by Gasteiger charge is 2.42. The molecule has 12 heavy (non-hydrogen) atoms. The van der Waals surface area contributed by atoms with Crippen molar-refractivity contribution in [2.75, 3.05) is 0 Å². The van der Waals surface area contributed by atoms with E-state index in [1.807, 2.05) is 0 Å². The first-order chi connectivity index (χ1) is 5.44. The van der Waals surface area contributed by atoms with Gasteiger partial charge in [-0.15, -0.1) is 0 Å². The van der Waals surface area contributed by atoms with Gasteiger partial charge in [0.15, 0.2) is 0 Å². The van der Waals surface area contributed by atoms with Crippen LogP contribution in [0, 0.1) is 28.6 Å². The maximum atomic E-state index is 12.1. The molecule has 0 aliphatic heterocycles. The van der Waals surface area contributed by atoms with Gasteiger partial charge in [-0.25, -0.2) is 17.6 Å². The summed E-state index contributed by atoms with van der Waals surface area (Å²) in [6, 6.07) is 2.38. The minimum atomic E-state index is -4.25. The summed E-state index contributed by atoms with van der Waals surface area (Å²) >= 11 is 0. The van der Waals surface area contributed by atoms with E-state index >= 15 is 0 Å². The van der Waals surface area contributed by atoms with Gasteiger partial charge in [0.2, 0.25) is 0 Å². The Morgan fingerprint density at radius 2 is 1.58 bits per heavy atom. The molecule has 0 bridgehead atoms. The average Bonchev–Trinajstić information content (AvgIpc) is 2.00. The Bertz CT molecular complexity index is 211. The van der Waals surface area contributed by atoms with E-state index in [0.717, 1.165) is 0 Å². The van der Waals surface area contributed by atoms with E-state index in [-0.39, 0.29) is 0 Å². The van der Waals surface area contributed by atoms with Crippen LogP contribution in [0.4, 0.5) is 17.6 Å². The molecule has 0 aromatic rings. The summed E-state index contributed by atoms with van der Waals surface area (Å²) in [7, 11) is 0. The van der Waals surface area contributed by atoms with Crippen molar-refractivity contribution in [1.82, 2.24) is 0 Å². The molecule has 2 nitrogen and oxygen atoms in total. The molecule has 0 saturated heterocycles. The Morgan fingerprint density at radius 3 is 1.83 bits per heavy atom. The first-order valence-electron chi connectivity index (χ1n) is 2.89. The third-order valence-electron chi connectivity index (χ3n) is 1.11. The lowest BCUT2D eigenvalue weighted by Crippen LogP contribution is -2.28. The second kappa shape index (κ2) is 3.91. The summed E-state index contributed by atoms with van der Waals surface area (Å²) in [5.41, 5.74) is 0. The fourth-order valence-corrected chi connectivity index (χ4v) is 0.481. The highest BCUT2D eigenvalue weighted by Crippen LogP contribution is 2.29. The van der Waals surface area contributed by atoms with Gasteiger partial charge in [0.1, 0.15) is 5.92 Å². The molecule has 0 spiro atoms. The van der Waals surface area contributed by atoms with Crippen molar-refractivity contribution < 1.29 is 17.6 Å². The molecule has 0 amide bonds. The fraction of sp³-hybridized carbons (Fsp3) is 0.667. The van der Waals surface area contributed by atoms with E-state index in [1.54, 1.807) is 0 Å². The van der Waals surface area contributed by atoms with Crippen LogP contribution in [-0.2, 0) is 0 Å². The molecule has 0 radical (unpaired) electrons. The van der Waals surface area contributed by atoms with Gasteiger partial charge in [-0.3, -0.25) is 0 Å². The van der Waals surface area contributed by atoms with E-state index in [4.69, 9.17) is 10.5 Å². The van der Waals surface area contributed by atoms with Gasteiger partial charge in [0.05, 0.1) is 12.1 Å². The molecule has 0 aromatic carbocycles. The maximum Gasteiger partial charge on any atom is 0.309 e. The van der Waals surface area contributed by atoms with E-state index in [1.165, 1.54) is 12.1 Å². The molecule has 0 aromatic heterocycles. The van der Waals surface area contributed by atoms with Crippen LogP contribution >= 0.6 is 0 Å². The van der Waals surface area contributed by atoms with E-state index in [2.05, 4.69) is 0 Å². The molecule has 0 unspecified atom stereocenters. The predicted octanol–water partition coefficient (Wildman–Crippen LogP) is 1.94. The third kappa shape index (κ3) is 2.75. The Labute approximate surface area is 66.0 Å². The summed E-state index contributed by atoms with van der Waals surface area (Å²) in [6.45, 7) is 0. The second-order valence-electron chi connectivity index (χ2n) is 2.08. The molecule has 0 atom stereocenters. The van der Waals surface area contributed by atoms with Crippen LogP contribution in [0.2, 0.25) is 0 Å². The van der Waals surface area contributed by atoms with Crippen LogP contribution in [0.15, 0.2) is 0 Å². The van der Waals surface area contributed by atoms with Crippen molar-refractivity contribution in [2.45, 2.75) is 18.8 Å². The lowest BCUT2D eigenvalue weighted by Gasteiger charge is -2.14. The van der Waals surface area contributed by atoms with Crippen LogP contribution in [0.25, 0.3) is 0 Å². The summed E-state index contributed by atoms with van der Waals surface area (Å²) in [6.07, 6.45) is -5.25. The Balaban J connectivity index is 4.27. The predicted molar refractivity (Wildman–Crippen MR) is 30.3 cm³/mol. The van der Waals surface area contributed by atoms with Gasteiger partial charge in [-0.05, 0) is 0 Å². The van der Waals surface area contributed by atoms with Crippen molar-refractivity contribution in [3.05, 3.63) is 0 Å². The van der Waals surface area contributed by atoms with E-state index in [0.29, 0.717) is 0 Å². The smallest absolute Gasteiger partial charge is 0.204 e. The van der Waals surface area contributed by atoms with Crippen molar-refractivity contribution in [1.29, 1.82) is 10.5 Å². The number of rotatable bonds is 3. The van der Waals surface area contributed by atoms with Crippen molar-refractivity contribution in [3.8, 4) is 12.1 Å². The number of hydrogen-bond donors (Lipinski definition) is 0. The Kier molecular flexibility index (Phi) is 3.49. The first kappa shape index (κ1) is 10.7. The Morgan fingerprint density at radius 1 is 1.17 bits per heavy atom. The largest absolute Gasteiger partial charge is 0.309 e. The molecule has 6 heteroatoms. The minimum Gasteiger partial charge on any atom is -0.204 e. The average molecular weight is 180 g/mol. The third-order valence-corrected chi connectivity index (χ3v) is 1.11. The molecule has 0 aliphatic carbocycles. The monoisotopic (exact) mass is 180 g/mol.